The Labute approximate surface area is 284 Å². The zero-order chi connectivity index (χ0) is 36.0. The summed E-state index contributed by atoms with van der Waals surface area (Å²) < 4.78 is 5.69. The number of aliphatic hydroxyl groups is 1. The summed E-state index contributed by atoms with van der Waals surface area (Å²) in [5.74, 6) is -7.08. The number of benzene rings is 1. The van der Waals surface area contributed by atoms with Crippen molar-refractivity contribution in [3.8, 4) is 5.75 Å². The highest BCUT2D eigenvalue weighted by Gasteiger charge is 2.49. The van der Waals surface area contributed by atoms with E-state index in [-0.39, 0.29) is 12.2 Å². The molecule has 1 aromatic carbocycles. The Morgan fingerprint density at radius 3 is 2.02 bits per heavy atom. The van der Waals surface area contributed by atoms with E-state index in [1.54, 1.807) is 24.3 Å². The maximum Gasteiger partial charge on any atom is 0.337 e. The van der Waals surface area contributed by atoms with E-state index in [9.17, 15) is 44.4 Å². The first kappa shape index (κ1) is 42.3. The number of rotatable bonds is 28. The molecule has 1 rings (SSSR count). The number of unbranched alkanes of at least 4 members (excludes halogenated alkanes) is 8. The minimum atomic E-state index is -3.02. The third-order valence-electron chi connectivity index (χ3n) is 8.05. The Morgan fingerprint density at radius 1 is 0.875 bits per heavy atom. The summed E-state index contributed by atoms with van der Waals surface area (Å²) in [5, 5.41) is 42.1. The molecule has 3 atom stereocenters. The molecule has 0 aliphatic rings. The lowest BCUT2D eigenvalue weighted by atomic mass is 9.82. The van der Waals surface area contributed by atoms with Crippen molar-refractivity contribution >= 4 is 29.6 Å². The van der Waals surface area contributed by atoms with Crippen LogP contribution in [0.25, 0.3) is 0 Å². The van der Waals surface area contributed by atoms with Gasteiger partial charge in [-0.25, -0.2) is 9.59 Å². The molecular formula is C36H56N2O10. The van der Waals surface area contributed by atoms with Gasteiger partial charge < -0.3 is 35.4 Å². The van der Waals surface area contributed by atoms with Crippen molar-refractivity contribution in [3.63, 3.8) is 0 Å². The summed E-state index contributed by atoms with van der Waals surface area (Å²) >= 11 is 0. The molecule has 0 fully saturated rings. The molecule has 12 heteroatoms. The van der Waals surface area contributed by atoms with Crippen LogP contribution in [0.5, 0.6) is 5.75 Å². The minimum absolute atomic E-state index is 0.149. The van der Waals surface area contributed by atoms with Gasteiger partial charge in [-0.15, -0.1) is 0 Å². The van der Waals surface area contributed by atoms with E-state index in [0.717, 1.165) is 64.0 Å². The van der Waals surface area contributed by atoms with Crippen molar-refractivity contribution < 1.29 is 49.1 Å². The number of carbonyl (C=O) groups is 5. The molecule has 0 aliphatic carbocycles. The maximum absolute atomic E-state index is 13.3. The van der Waals surface area contributed by atoms with Crippen LogP contribution < -0.4 is 10.1 Å². The predicted octanol–water partition coefficient (Wildman–Crippen LogP) is 4.86. The fourth-order valence-electron chi connectivity index (χ4n) is 5.22. The molecule has 1 aromatic rings. The van der Waals surface area contributed by atoms with Crippen LogP contribution in [0.1, 0.15) is 102 Å². The van der Waals surface area contributed by atoms with Gasteiger partial charge in [0.05, 0.1) is 18.9 Å². The van der Waals surface area contributed by atoms with Crippen LogP contribution in [-0.2, 0) is 30.4 Å². The lowest BCUT2D eigenvalue weighted by Crippen LogP contribution is -2.55. The Bertz CT molecular complexity index is 1170. The van der Waals surface area contributed by atoms with Gasteiger partial charge in [0.15, 0.2) is 5.60 Å². The Morgan fingerprint density at radius 2 is 1.48 bits per heavy atom. The van der Waals surface area contributed by atoms with Gasteiger partial charge in [0.25, 0.3) is 0 Å². The lowest BCUT2D eigenvalue weighted by Gasteiger charge is -2.29. The fourth-order valence-corrected chi connectivity index (χ4v) is 5.22. The normalized spacial score (nSPS) is 13.9. The Balaban J connectivity index is 2.81. The quantitative estimate of drug-likeness (QED) is 0.0602. The largest absolute Gasteiger partial charge is 0.494 e. The molecule has 0 heterocycles. The number of amides is 1. The molecule has 0 aromatic heterocycles. The van der Waals surface area contributed by atoms with Gasteiger partial charge in [-0.1, -0.05) is 69.7 Å². The SMILES string of the molecule is CCCCCCCC(=O)CCCCCC/C=C/[C@@H](C(=O)N[C@@H](Cc1ccc(OCCCN(C)C)cc1)C(=O)O)[C@@](O)(CC(=O)O)C(=O)O. The van der Waals surface area contributed by atoms with Crippen LogP contribution >= 0.6 is 0 Å². The van der Waals surface area contributed by atoms with Gasteiger partial charge in [0.2, 0.25) is 5.91 Å². The second-order valence-corrected chi connectivity index (χ2v) is 12.6. The number of carboxylic acid groups (broad SMARTS) is 3. The average molecular weight is 677 g/mol. The highest BCUT2D eigenvalue weighted by molar-refractivity contribution is 5.94. The topological polar surface area (TPSA) is 191 Å². The number of nitrogens with zero attached hydrogens (tertiary/aromatic N) is 1. The molecule has 0 spiro atoms. The first-order chi connectivity index (χ1) is 22.8. The monoisotopic (exact) mass is 676 g/mol. The van der Waals surface area contributed by atoms with Crippen LogP contribution in [0.15, 0.2) is 36.4 Å². The number of ketones is 1. The first-order valence-corrected chi connectivity index (χ1v) is 17.1. The minimum Gasteiger partial charge on any atom is -0.494 e. The summed E-state index contributed by atoms with van der Waals surface area (Å²) in [4.78, 5) is 63.0. The van der Waals surface area contributed by atoms with Crippen molar-refractivity contribution in [3.05, 3.63) is 42.0 Å². The van der Waals surface area contributed by atoms with Crippen molar-refractivity contribution in [2.75, 3.05) is 27.2 Å². The second-order valence-electron chi connectivity index (χ2n) is 12.6. The number of nitrogens with one attached hydrogen (secondary N) is 1. The molecule has 0 saturated carbocycles. The average Bonchev–Trinajstić information content (AvgIpc) is 3.01. The van der Waals surface area contributed by atoms with E-state index in [0.29, 0.717) is 43.6 Å². The molecular weight excluding hydrogens is 620 g/mol. The third kappa shape index (κ3) is 17.4. The number of aliphatic carboxylic acids is 3. The number of carboxylic acids is 3. The predicted molar refractivity (Wildman–Crippen MR) is 182 cm³/mol. The Hall–Kier alpha value is -3.77. The van der Waals surface area contributed by atoms with E-state index in [1.165, 1.54) is 12.5 Å². The molecule has 0 bridgehead atoms. The maximum atomic E-state index is 13.3. The van der Waals surface area contributed by atoms with Gasteiger partial charge in [-0.3, -0.25) is 14.4 Å². The molecule has 12 nitrogen and oxygen atoms in total. The number of Topliss-reactive ketones (excluding diaryl/α,β-unsaturated/α-hetero) is 1. The molecule has 48 heavy (non-hydrogen) atoms. The van der Waals surface area contributed by atoms with Gasteiger partial charge >= 0.3 is 17.9 Å². The Kier molecular flexibility index (Phi) is 20.7. The van der Waals surface area contributed by atoms with Gasteiger partial charge in [0, 0.05) is 25.8 Å². The van der Waals surface area contributed by atoms with Crippen molar-refractivity contribution in [1.82, 2.24) is 10.2 Å². The zero-order valence-corrected chi connectivity index (χ0v) is 28.8. The van der Waals surface area contributed by atoms with Crippen molar-refractivity contribution in [2.24, 2.45) is 5.92 Å². The van der Waals surface area contributed by atoms with E-state index >= 15 is 0 Å². The molecule has 0 radical (unpaired) electrons. The number of ether oxygens (including phenoxy) is 1. The second kappa shape index (κ2) is 23.5. The third-order valence-corrected chi connectivity index (χ3v) is 8.05. The molecule has 0 saturated heterocycles. The van der Waals surface area contributed by atoms with E-state index in [2.05, 4.69) is 12.2 Å². The van der Waals surface area contributed by atoms with E-state index in [4.69, 9.17) is 4.74 Å². The molecule has 5 N–H and O–H groups in total. The lowest BCUT2D eigenvalue weighted by molar-refractivity contribution is -0.172. The van der Waals surface area contributed by atoms with Gasteiger partial charge in [-0.2, -0.15) is 0 Å². The zero-order valence-electron chi connectivity index (χ0n) is 28.8. The van der Waals surface area contributed by atoms with E-state index in [1.807, 2.05) is 19.0 Å². The summed E-state index contributed by atoms with van der Waals surface area (Å²) in [7, 11) is 3.93. The highest BCUT2D eigenvalue weighted by atomic mass is 16.5. The smallest absolute Gasteiger partial charge is 0.337 e. The van der Waals surface area contributed by atoms with Gasteiger partial charge in [-0.05, 0) is 63.9 Å². The van der Waals surface area contributed by atoms with Crippen molar-refractivity contribution in [2.45, 2.75) is 115 Å². The van der Waals surface area contributed by atoms with Crippen LogP contribution in [0, 0.1) is 5.92 Å². The number of allylic oxidation sites excluding steroid dienone is 1. The van der Waals surface area contributed by atoms with Crippen LogP contribution in [0.4, 0.5) is 0 Å². The highest BCUT2D eigenvalue weighted by Crippen LogP contribution is 2.26. The molecule has 270 valence electrons. The first-order valence-electron chi connectivity index (χ1n) is 17.1. The van der Waals surface area contributed by atoms with Crippen LogP contribution in [0.3, 0.4) is 0 Å². The molecule has 0 unspecified atom stereocenters. The number of carbonyl (C=O) groups excluding carboxylic acids is 2. The fraction of sp³-hybridized carbons (Fsp3) is 0.639. The number of hydrogen-bond donors (Lipinski definition) is 5. The molecule has 0 aliphatic heterocycles. The summed E-state index contributed by atoms with van der Waals surface area (Å²) in [6, 6.07) is 5.19. The molecule has 1 amide bonds. The van der Waals surface area contributed by atoms with Crippen molar-refractivity contribution in [1.29, 1.82) is 0 Å². The van der Waals surface area contributed by atoms with Crippen LogP contribution in [0.2, 0.25) is 0 Å². The summed E-state index contributed by atoms with van der Waals surface area (Å²) in [6.45, 7) is 3.51. The standard InChI is InChI=1S/C36H56N2O10/c1-4-5-6-9-12-16-28(39)17-13-10-7-8-11-14-18-30(36(47,35(45)46)26-32(40)41)33(42)37-31(34(43)44)25-27-19-21-29(22-20-27)48-24-15-23-38(2)3/h14,18-22,30-31,47H,4-13,15-17,23-26H2,1-3H3,(H,37,42)(H,40,41)(H,43,44)(H,45,46)/b18-14+/t30-,31-,36-/m0/s1. The summed E-state index contributed by atoms with van der Waals surface area (Å²) in [6.07, 6.45) is 12.1. The van der Waals surface area contributed by atoms with Gasteiger partial charge in [0.1, 0.15) is 17.6 Å². The van der Waals surface area contributed by atoms with E-state index < -0.39 is 47.8 Å². The van der Waals surface area contributed by atoms with Crippen LogP contribution in [-0.4, -0.2) is 93.8 Å². The number of hydrogen-bond acceptors (Lipinski definition) is 8. The summed E-state index contributed by atoms with van der Waals surface area (Å²) in [5.41, 5.74) is -2.46.